The highest BCUT2D eigenvalue weighted by molar-refractivity contribution is 6.02. The zero-order valence-corrected chi connectivity index (χ0v) is 14.1. The number of phenolic OH excluding ortho intramolecular Hbond substituents is 1. The number of Topliss-reactive ketones (excluding diaryl/α,β-unsaturated/α-hetero) is 1. The monoisotopic (exact) mass is 346 g/mol. The first-order chi connectivity index (χ1) is 12.7. The molecule has 1 atom stereocenters. The molecule has 0 radical (unpaired) electrons. The van der Waals surface area contributed by atoms with Crippen molar-refractivity contribution in [2.24, 2.45) is 0 Å². The Hall–Kier alpha value is -3.27. The Morgan fingerprint density at radius 3 is 2.42 bits per heavy atom. The molecule has 4 heteroatoms. The van der Waals surface area contributed by atoms with Crippen LogP contribution in [0.2, 0.25) is 0 Å². The topological polar surface area (TPSA) is 55.8 Å². The van der Waals surface area contributed by atoms with Crippen LogP contribution in [-0.2, 0) is 6.61 Å². The first-order valence-corrected chi connectivity index (χ1v) is 8.49. The number of carbonyl (C=O) groups excluding carboxylic acids is 1. The standard InChI is InChI=1S/C22H18O4/c23-18-11-17(25-14-15-7-3-1-4-8-15)12-21-22(18)19(24)13-20(26-21)16-9-5-2-6-10-16/h1-12,20,23H,13-14H2/t20-/m0/s1. The fourth-order valence-corrected chi connectivity index (χ4v) is 3.09. The number of hydrogen-bond acceptors (Lipinski definition) is 4. The second-order valence-electron chi connectivity index (χ2n) is 6.23. The number of fused-ring (bicyclic) bond motifs is 1. The summed E-state index contributed by atoms with van der Waals surface area (Å²) in [6, 6.07) is 22.5. The summed E-state index contributed by atoms with van der Waals surface area (Å²) in [6.07, 6.45) is -0.158. The highest BCUT2D eigenvalue weighted by Gasteiger charge is 2.30. The maximum atomic E-state index is 12.5. The van der Waals surface area contributed by atoms with E-state index in [0.717, 1.165) is 11.1 Å². The minimum Gasteiger partial charge on any atom is -0.507 e. The van der Waals surface area contributed by atoms with Gasteiger partial charge in [0.2, 0.25) is 0 Å². The van der Waals surface area contributed by atoms with Crippen LogP contribution < -0.4 is 9.47 Å². The van der Waals surface area contributed by atoms with Crippen LogP contribution in [0.3, 0.4) is 0 Å². The summed E-state index contributed by atoms with van der Waals surface area (Å²) in [4.78, 5) is 12.5. The zero-order chi connectivity index (χ0) is 17.9. The van der Waals surface area contributed by atoms with Crippen LogP contribution in [0.4, 0.5) is 0 Å². The Kier molecular flexibility index (Phi) is 4.32. The Balaban J connectivity index is 1.59. The second-order valence-corrected chi connectivity index (χ2v) is 6.23. The van der Waals surface area contributed by atoms with Crippen LogP contribution in [0.15, 0.2) is 72.8 Å². The molecule has 1 aliphatic heterocycles. The van der Waals surface area contributed by atoms with E-state index in [1.165, 1.54) is 6.07 Å². The summed E-state index contributed by atoms with van der Waals surface area (Å²) < 4.78 is 11.8. The molecule has 0 amide bonds. The molecule has 1 heterocycles. The molecule has 26 heavy (non-hydrogen) atoms. The quantitative estimate of drug-likeness (QED) is 0.745. The molecule has 3 aromatic rings. The van der Waals surface area contributed by atoms with Crippen LogP contribution in [0.1, 0.15) is 34.0 Å². The van der Waals surface area contributed by atoms with Gasteiger partial charge >= 0.3 is 0 Å². The number of phenols is 1. The molecule has 0 fully saturated rings. The third kappa shape index (κ3) is 3.26. The largest absolute Gasteiger partial charge is 0.507 e. The predicted molar refractivity (Wildman–Crippen MR) is 97.6 cm³/mol. The molecule has 0 aliphatic carbocycles. The van der Waals surface area contributed by atoms with Crippen molar-refractivity contribution in [1.82, 2.24) is 0 Å². The summed E-state index contributed by atoms with van der Waals surface area (Å²) in [5, 5.41) is 10.3. The Labute approximate surface area is 151 Å². The van der Waals surface area contributed by atoms with Gasteiger partial charge in [-0.25, -0.2) is 0 Å². The number of ether oxygens (including phenoxy) is 2. The molecular weight excluding hydrogens is 328 g/mol. The molecular formula is C22H18O4. The molecule has 4 nitrogen and oxygen atoms in total. The van der Waals surface area contributed by atoms with Crippen LogP contribution in [-0.4, -0.2) is 10.9 Å². The highest BCUT2D eigenvalue weighted by atomic mass is 16.5. The summed E-state index contributed by atoms with van der Waals surface area (Å²) in [5.74, 6) is 0.582. The molecule has 1 aliphatic rings. The van der Waals surface area contributed by atoms with Crippen molar-refractivity contribution in [3.63, 3.8) is 0 Å². The van der Waals surface area contributed by atoms with Gasteiger partial charge in [0.1, 0.15) is 35.5 Å². The van der Waals surface area contributed by atoms with Gasteiger partial charge < -0.3 is 14.6 Å². The average molecular weight is 346 g/mol. The normalized spacial score (nSPS) is 15.8. The minimum absolute atomic E-state index is 0.109. The van der Waals surface area contributed by atoms with E-state index >= 15 is 0 Å². The Morgan fingerprint density at radius 2 is 1.69 bits per heavy atom. The van der Waals surface area contributed by atoms with E-state index in [0.29, 0.717) is 18.1 Å². The lowest BCUT2D eigenvalue weighted by Gasteiger charge is -2.26. The fourth-order valence-electron chi connectivity index (χ4n) is 3.09. The molecule has 0 saturated carbocycles. The Morgan fingerprint density at radius 1 is 1.00 bits per heavy atom. The lowest BCUT2D eigenvalue weighted by Crippen LogP contribution is -2.20. The van der Waals surface area contributed by atoms with Crippen molar-refractivity contribution in [3.8, 4) is 17.2 Å². The third-order valence-corrected chi connectivity index (χ3v) is 4.39. The van der Waals surface area contributed by atoms with Crippen molar-refractivity contribution in [2.45, 2.75) is 19.1 Å². The van der Waals surface area contributed by atoms with Gasteiger partial charge in [-0.05, 0) is 11.1 Å². The summed E-state index contributed by atoms with van der Waals surface area (Å²) in [5.41, 5.74) is 2.18. The maximum absolute atomic E-state index is 12.5. The van der Waals surface area contributed by atoms with Crippen LogP contribution in [0.25, 0.3) is 0 Å². The van der Waals surface area contributed by atoms with Crippen molar-refractivity contribution in [1.29, 1.82) is 0 Å². The number of aromatic hydroxyl groups is 1. The van der Waals surface area contributed by atoms with E-state index in [1.54, 1.807) is 6.07 Å². The van der Waals surface area contributed by atoms with E-state index in [4.69, 9.17) is 9.47 Å². The second kappa shape index (κ2) is 6.92. The Bertz CT molecular complexity index is 920. The van der Waals surface area contributed by atoms with Crippen LogP contribution >= 0.6 is 0 Å². The van der Waals surface area contributed by atoms with E-state index < -0.39 is 0 Å². The zero-order valence-electron chi connectivity index (χ0n) is 14.1. The summed E-state index contributed by atoms with van der Waals surface area (Å²) in [7, 11) is 0. The van der Waals surface area contributed by atoms with Gasteiger partial charge in [-0.3, -0.25) is 4.79 Å². The number of rotatable bonds is 4. The third-order valence-electron chi connectivity index (χ3n) is 4.39. The number of benzene rings is 3. The van der Waals surface area contributed by atoms with Gasteiger partial charge in [0.15, 0.2) is 5.78 Å². The number of hydrogen-bond donors (Lipinski definition) is 1. The molecule has 130 valence electrons. The van der Waals surface area contributed by atoms with Gasteiger partial charge in [-0.1, -0.05) is 60.7 Å². The van der Waals surface area contributed by atoms with Crippen molar-refractivity contribution in [2.75, 3.05) is 0 Å². The summed E-state index contributed by atoms with van der Waals surface area (Å²) >= 11 is 0. The van der Waals surface area contributed by atoms with Gasteiger partial charge in [-0.15, -0.1) is 0 Å². The van der Waals surface area contributed by atoms with Crippen LogP contribution in [0.5, 0.6) is 17.2 Å². The van der Waals surface area contributed by atoms with Gasteiger partial charge in [0.05, 0.1) is 6.42 Å². The van der Waals surface area contributed by atoms with E-state index in [2.05, 4.69) is 0 Å². The molecule has 0 aromatic heterocycles. The smallest absolute Gasteiger partial charge is 0.174 e. The van der Waals surface area contributed by atoms with E-state index in [-0.39, 0.29) is 29.6 Å². The lowest BCUT2D eigenvalue weighted by molar-refractivity contribution is 0.0844. The van der Waals surface area contributed by atoms with Gasteiger partial charge in [0.25, 0.3) is 0 Å². The van der Waals surface area contributed by atoms with E-state index in [1.807, 2.05) is 60.7 Å². The average Bonchev–Trinajstić information content (AvgIpc) is 2.67. The van der Waals surface area contributed by atoms with Crippen molar-refractivity contribution < 1.29 is 19.4 Å². The van der Waals surface area contributed by atoms with Gasteiger partial charge in [0, 0.05) is 12.1 Å². The molecule has 0 saturated heterocycles. The van der Waals surface area contributed by atoms with Gasteiger partial charge in [-0.2, -0.15) is 0 Å². The van der Waals surface area contributed by atoms with Crippen molar-refractivity contribution in [3.05, 3.63) is 89.5 Å². The highest BCUT2D eigenvalue weighted by Crippen LogP contribution is 2.41. The maximum Gasteiger partial charge on any atom is 0.174 e. The molecule has 1 N–H and O–H groups in total. The SMILES string of the molecule is O=C1C[C@@H](c2ccccc2)Oc2cc(OCc3ccccc3)cc(O)c21. The lowest BCUT2D eigenvalue weighted by atomic mass is 9.95. The number of carbonyl (C=O) groups is 1. The van der Waals surface area contributed by atoms with Crippen LogP contribution in [0, 0.1) is 0 Å². The number of ketones is 1. The van der Waals surface area contributed by atoms with Crippen molar-refractivity contribution >= 4 is 5.78 Å². The first kappa shape index (κ1) is 16.2. The summed E-state index contributed by atoms with van der Waals surface area (Å²) in [6.45, 7) is 0.370. The first-order valence-electron chi connectivity index (χ1n) is 8.49. The molecule has 0 unspecified atom stereocenters. The molecule has 0 spiro atoms. The van der Waals surface area contributed by atoms with E-state index in [9.17, 15) is 9.90 Å². The molecule has 0 bridgehead atoms. The fraction of sp³-hybridized carbons (Fsp3) is 0.136. The minimum atomic E-state index is -0.361. The molecule has 4 rings (SSSR count). The molecule has 3 aromatic carbocycles. The predicted octanol–water partition coefficient (Wildman–Crippen LogP) is 4.68.